The Labute approximate surface area is 130 Å². The Bertz CT molecular complexity index is 493. The average molecular weight is 311 g/mol. The number of anilines is 2. The number of hydrogen-bond donors (Lipinski definition) is 3. The van der Waals surface area contributed by atoms with Crippen molar-refractivity contribution in [2.24, 2.45) is 0 Å². The van der Waals surface area contributed by atoms with Crippen LogP contribution in [0.2, 0.25) is 0 Å². The summed E-state index contributed by atoms with van der Waals surface area (Å²) in [5.41, 5.74) is 6.59. The number of nitrogens with two attached hydrogens (primary N) is 1. The van der Waals surface area contributed by atoms with Gasteiger partial charge in [0.1, 0.15) is 15.6 Å². The topological polar surface area (TPSA) is 76.4 Å². The lowest BCUT2D eigenvalue weighted by Crippen LogP contribution is -2.22. The highest BCUT2D eigenvalue weighted by molar-refractivity contribution is 7.19. The Balaban J connectivity index is 2.26. The lowest BCUT2D eigenvalue weighted by Gasteiger charge is -2.16. The Kier molecular flexibility index (Phi) is 5.33. The summed E-state index contributed by atoms with van der Waals surface area (Å²) in [4.78, 5) is 12.6. The van der Waals surface area contributed by atoms with E-state index in [2.05, 4.69) is 10.6 Å². The molecule has 1 heterocycles. The summed E-state index contributed by atoms with van der Waals surface area (Å²) < 4.78 is 5.84. The minimum atomic E-state index is -0.131. The van der Waals surface area contributed by atoms with Crippen molar-refractivity contribution in [2.75, 3.05) is 17.6 Å². The smallest absolute Gasteiger partial charge is 0.263 e. The molecule has 21 heavy (non-hydrogen) atoms. The zero-order valence-corrected chi connectivity index (χ0v) is 13.8. The van der Waals surface area contributed by atoms with Gasteiger partial charge in [-0.15, -0.1) is 11.3 Å². The van der Waals surface area contributed by atoms with E-state index in [1.807, 2.05) is 20.8 Å². The number of hydrogen-bond acceptors (Lipinski definition) is 5. The molecular weight excluding hydrogens is 286 g/mol. The highest BCUT2D eigenvalue weighted by Gasteiger charge is 2.25. The molecule has 2 rings (SSSR count). The van der Waals surface area contributed by atoms with Gasteiger partial charge in [0.05, 0.1) is 6.10 Å². The van der Waals surface area contributed by atoms with Gasteiger partial charge in [-0.3, -0.25) is 4.79 Å². The summed E-state index contributed by atoms with van der Waals surface area (Å²) >= 11 is 1.39. The Morgan fingerprint density at radius 1 is 1.43 bits per heavy atom. The number of thiophene rings is 1. The van der Waals surface area contributed by atoms with Gasteiger partial charge in [-0.1, -0.05) is 12.8 Å². The maximum Gasteiger partial charge on any atom is 0.263 e. The van der Waals surface area contributed by atoms with E-state index in [0.29, 0.717) is 28.9 Å². The number of carbonyl (C=O) groups is 1. The second-order valence-electron chi connectivity index (χ2n) is 5.65. The predicted molar refractivity (Wildman–Crippen MR) is 88.4 cm³/mol. The van der Waals surface area contributed by atoms with E-state index in [9.17, 15) is 4.79 Å². The van der Waals surface area contributed by atoms with E-state index in [0.717, 1.165) is 17.8 Å². The Morgan fingerprint density at radius 2 is 2.10 bits per heavy atom. The van der Waals surface area contributed by atoms with Crippen molar-refractivity contribution in [3.05, 3.63) is 4.88 Å². The largest absolute Gasteiger partial charge is 0.486 e. The molecule has 1 fully saturated rings. The molecule has 118 valence electrons. The molecule has 1 saturated carbocycles. The first-order valence-corrected chi connectivity index (χ1v) is 8.48. The number of ether oxygens (including phenoxy) is 1. The van der Waals surface area contributed by atoms with E-state index in [1.54, 1.807) is 0 Å². The maximum absolute atomic E-state index is 12.1. The molecule has 0 aromatic carbocycles. The third-order valence-corrected chi connectivity index (χ3v) is 4.60. The molecule has 1 aromatic rings. The number of rotatable bonds is 6. The van der Waals surface area contributed by atoms with Gasteiger partial charge in [0.25, 0.3) is 5.91 Å². The fourth-order valence-electron chi connectivity index (χ4n) is 2.54. The summed E-state index contributed by atoms with van der Waals surface area (Å²) in [6, 6.07) is 0.458. The highest BCUT2D eigenvalue weighted by Crippen LogP contribution is 2.44. The van der Waals surface area contributed by atoms with Crippen molar-refractivity contribution >= 4 is 27.9 Å². The van der Waals surface area contributed by atoms with Crippen LogP contribution in [0.4, 0.5) is 10.7 Å². The van der Waals surface area contributed by atoms with E-state index in [-0.39, 0.29) is 12.0 Å². The first kappa shape index (κ1) is 15.9. The first-order valence-electron chi connectivity index (χ1n) is 7.66. The molecule has 0 saturated heterocycles. The van der Waals surface area contributed by atoms with Crippen LogP contribution in [0.15, 0.2) is 0 Å². The summed E-state index contributed by atoms with van der Waals surface area (Å²) in [5.74, 6) is 0.497. The van der Waals surface area contributed by atoms with E-state index in [1.165, 1.54) is 24.2 Å². The zero-order valence-electron chi connectivity index (χ0n) is 13.0. The van der Waals surface area contributed by atoms with Crippen LogP contribution in [0.3, 0.4) is 0 Å². The third-order valence-electron chi connectivity index (χ3n) is 3.49. The molecule has 0 spiro atoms. The molecule has 0 radical (unpaired) electrons. The number of carbonyl (C=O) groups excluding carboxylic acids is 1. The second-order valence-corrected chi connectivity index (χ2v) is 6.68. The standard InChI is InChI=1S/C15H25N3O2S/c1-4-17-14(19)13-11(16)12(20-9(2)3)15(21-13)18-10-7-5-6-8-10/h9-10,18H,4-8,16H2,1-3H3,(H,17,19). The highest BCUT2D eigenvalue weighted by atomic mass is 32.1. The zero-order chi connectivity index (χ0) is 15.4. The molecule has 1 aliphatic rings. The lowest BCUT2D eigenvalue weighted by atomic mass is 10.2. The van der Waals surface area contributed by atoms with Crippen LogP contribution in [0, 0.1) is 0 Å². The molecule has 1 amide bonds. The average Bonchev–Trinajstić information content (AvgIpc) is 3.02. The van der Waals surface area contributed by atoms with Gasteiger partial charge in [-0.05, 0) is 33.6 Å². The van der Waals surface area contributed by atoms with E-state index in [4.69, 9.17) is 10.5 Å². The van der Waals surface area contributed by atoms with Gasteiger partial charge in [0, 0.05) is 12.6 Å². The summed E-state index contributed by atoms with van der Waals surface area (Å²) in [6.07, 6.45) is 4.85. The van der Waals surface area contributed by atoms with Gasteiger partial charge in [0.15, 0.2) is 5.75 Å². The fraction of sp³-hybridized carbons (Fsp3) is 0.667. The quantitative estimate of drug-likeness (QED) is 0.754. The van der Waals surface area contributed by atoms with Crippen LogP contribution >= 0.6 is 11.3 Å². The van der Waals surface area contributed by atoms with E-state index >= 15 is 0 Å². The maximum atomic E-state index is 12.1. The number of amides is 1. The van der Waals surface area contributed by atoms with Crippen molar-refractivity contribution in [3.8, 4) is 5.75 Å². The molecule has 5 nitrogen and oxygen atoms in total. The number of nitrogen functional groups attached to an aromatic ring is 1. The molecule has 0 atom stereocenters. The van der Waals surface area contributed by atoms with Crippen LogP contribution in [-0.4, -0.2) is 24.6 Å². The summed E-state index contributed by atoms with van der Waals surface area (Å²) in [6.45, 7) is 6.40. The molecule has 1 aromatic heterocycles. The molecule has 6 heteroatoms. The van der Waals surface area contributed by atoms with Gasteiger partial charge in [-0.2, -0.15) is 0 Å². The van der Waals surface area contributed by atoms with Crippen molar-refractivity contribution in [1.29, 1.82) is 0 Å². The predicted octanol–water partition coefficient (Wildman–Crippen LogP) is 3.22. The molecular formula is C15H25N3O2S. The third kappa shape index (κ3) is 3.81. The minimum Gasteiger partial charge on any atom is -0.486 e. The number of nitrogens with one attached hydrogen (secondary N) is 2. The SMILES string of the molecule is CCNC(=O)c1sc(NC2CCCC2)c(OC(C)C)c1N. The summed E-state index contributed by atoms with van der Waals surface area (Å²) in [7, 11) is 0. The second kappa shape index (κ2) is 7.02. The van der Waals surface area contributed by atoms with Crippen molar-refractivity contribution in [2.45, 2.75) is 58.6 Å². The van der Waals surface area contributed by atoms with Crippen LogP contribution < -0.4 is 21.1 Å². The Morgan fingerprint density at radius 3 is 2.67 bits per heavy atom. The van der Waals surface area contributed by atoms with Crippen molar-refractivity contribution < 1.29 is 9.53 Å². The lowest BCUT2D eigenvalue weighted by molar-refractivity contribution is 0.0960. The minimum absolute atomic E-state index is 0.0214. The Hall–Kier alpha value is -1.43. The molecule has 0 unspecified atom stereocenters. The normalized spacial score (nSPS) is 15.4. The van der Waals surface area contributed by atoms with E-state index < -0.39 is 0 Å². The van der Waals surface area contributed by atoms with Gasteiger partial charge >= 0.3 is 0 Å². The van der Waals surface area contributed by atoms with Crippen LogP contribution in [0.1, 0.15) is 56.1 Å². The molecule has 0 bridgehead atoms. The molecule has 4 N–H and O–H groups in total. The van der Waals surface area contributed by atoms with Gasteiger partial charge < -0.3 is 21.1 Å². The molecule has 0 aliphatic heterocycles. The van der Waals surface area contributed by atoms with Crippen LogP contribution in [0.5, 0.6) is 5.75 Å². The van der Waals surface area contributed by atoms with Crippen molar-refractivity contribution in [1.82, 2.24) is 5.32 Å². The fourth-order valence-corrected chi connectivity index (χ4v) is 3.59. The first-order chi connectivity index (χ1) is 10.0. The molecule has 1 aliphatic carbocycles. The summed E-state index contributed by atoms with van der Waals surface area (Å²) in [5, 5.41) is 7.19. The van der Waals surface area contributed by atoms with Crippen LogP contribution in [-0.2, 0) is 0 Å². The van der Waals surface area contributed by atoms with Gasteiger partial charge in [-0.25, -0.2) is 0 Å². The van der Waals surface area contributed by atoms with Crippen molar-refractivity contribution in [3.63, 3.8) is 0 Å². The van der Waals surface area contributed by atoms with Gasteiger partial charge in [0.2, 0.25) is 0 Å². The van der Waals surface area contributed by atoms with Crippen LogP contribution in [0.25, 0.3) is 0 Å². The monoisotopic (exact) mass is 311 g/mol.